The highest BCUT2D eigenvalue weighted by molar-refractivity contribution is 5.80. The van der Waals surface area contributed by atoms with Crippen LogP contribution in [0.25, 0.3) is 0 Å². The van der Waals surface area contributed by atoms with Crippen LogP contribution in [0, 0.1) is 25.7 Å². The predicted octanol–water partition coefficient (Wildman–Crippen LogP) is 3.15. The van der Waals surface area contributed by atoms with Gasteiger partial charge in [-0.2, -0.15) is 0 Å². The number of rotatable bonds is 4. The Kier molecular flexibility index (Phi) is 5.22. The third kappa shape index (κ3) is 3.87. The molecule has 0 spiro atoms. The van der Waals surface area contributed by atoms with Crippen LogP contribution < -0.4 is 0 Å². The molecular weight excluding hydrogens is 278 g/mol. The minimum Gasteiger partial charge on any atom is -0.481 e. The highest BCUT2D eigenvalue weighted by atomic mass is 16.4. The number of aryl methyl sites for hydroxylation is 2. The Morgan fingerprint density at radius 3 is 2.59 bits per heavy atom. The van der Waals surface area contributed by atoms with Crippen molar-refractivity contribution < 1.29 is 14.7 Å². The number of carboxylic acids is 1. The molecule has 1 aliphatic carbocycles. The fourth-order valence-electron chi connectivity index (χ4n) is 3.25. The van der Waals surface area contributed by atoms with Gasteiger partial charge in [-0.15, -0.1) is 0 Å². The second-order valence-corrected chi connectivity index (χ2v) is 6.52. The van der Waals surface area contributed by atoms with Gasteiger partial charge in [-0.05, 0) is 44.2 Å². The highest BCUT2D eigenvalue weighted by Crippen LogP contribution is 2.30. The molecule has 0 saturated heterocycles. The van der Waals surface area contributed by atoms with Crippen molar-refractivity contribution in [3.8, 4) is 0 Å². The smallest absolute Gasteiger partial charge is 0.306 e. The van der Waals surface area contributed by atoms with Crippen molar-refractivity contribution in [2.24, 2.45) is 11.8 Å². The number of amides is 1. The summed E-state index contributed by atoms with van der Waals surface area (Å²) in [5, 5.41) is 9.15. The van der Waals surface area contributed by atoms with Gasteiger partial charge in [-0.1, -0.05) is 30.2 Å². The summed E-state index contributed by atoms with van der Waals surface area (Å²) in [7, 11) is 1.81. The van der Waals surface area contributed by atoms with Crippen molar-refractivity contribution in [1.29, 1.82) is 0 Å². The first kappa shape index (κ1) is 16.5. The van der Waals surface area contributed by atoms with Crippen LogP contribution in [-0.2, 0) is 16.1 Å². The summed E-state index contributed by atoms with van der Waals surface area (Å²) in [5.74, 6) is -1.21. The predicted molar refractivity (Wildman–Crippen MR) is 85.5 cm³/mol. The molecule has 1 aromatic carbocycles. The second kappa shape index (κ2) is 6.95. The molecule has 0 radical (unpaired) electrons. The molecule has 0 bridgehead atoms. The van der Waals surface area contributed by atoms with Crippen molar-refractivity contribution in [1.82, 2.24) is 4.90 Å². The SMILES string of the molecule is Cc1ccc(C)c(CN(C)C(=O)C2CCCC(C(=O)O)C2)c1. The Hall–Kier alpha value is -1.84. The first-order valence-corrected chi connectivity index (χ1v) is 7.92. The van der Waals surface area contributed by atoms with Crippen molar-refractivity contribution in [3.05, 3.63) is 34.9 Å². The van der Waals surface area contributed by atoms with Crippen LogP contribution in [0.4, 0.5) is 0 Å². The van der Waals surface area contributed by atoms with E-state index in [2.05, 4.69) is 18.2 Å². The molecule has 4 nitrogen and oxygen atoms in total. The molecule has 0 aliphatic heterocycles. The summed E-state index contributed by atoms with van der Waals surface area (Å²) in [6.07, 6.45) is 2.80. The Bertz CT molecular complexity index is 567. The van der Waals surface area contributed by atoms with Gasteiger partial charge in [-0.25, -0.2) is 0 Å². The molecule has 0 aromatic heterocycles. The largest absolute Gasteiger partial charge is 0.481 e. The fraction of sp³-hybridized carbons (Fsp3) is 0.556. The van der Waals surface area contributed by atoms with Gasteiger partial charge in [0, 0.05) is 19.5 Å². The van der Waals surface area contributed by atoms with E-state index in [1.807, 2.05) is 20.9 Å². The first-order chi connectivity index (χ1) is 10.4. The van der Waals surface area contributed by atoms with E-state index in [-0.39, 0.29) is 17.7 Å². The van der Waals surface area contributed by atoms with E-state index in [4.69, 9.17) is 5.11 Å². The maximum Gasteiger partial charge on any atom is 0.306 e. The molecule has 2 unspecified atom stereocenters. The van der Waals surface area contributed by atoms with Crippen molar-refractivity contribution in [3.63, 3.8) is 0 Å². The zero-order chi connectivity index (χ0) is 16.3. The highest BCUT2D eigenvalue weighted by Gasteiger charge is 2.32. The normalized spacial score (nSPS) is 21.4. The molecule has 2 rings (SSSR count). The van der Waals surface area contributed by atoms with Gasteiger partial charge in [0.15, 0.2) is 0 Å². The van der Waals surface area contributed by atoms with Crippen molar-refractivity contribution in [2.45, 2.75) is 46.1 Å². The average Bonchev–Trinajstić information content (AvgIpc) is 2.50. The Balaban J connectivity index is 2.02. The summed E-state index contributed by atoms with van der Waals surface area (Å²) in [6, 6.07) is 6.25. The summed E-state index contributed by atoms with van der Waals surface area (Å²) < 4.78 is 0. The summed E-state index contributed by atoms with van der Waals surface area (Å²) in [4.78, 5) is 25.5. The molecule has 2 atom stereocenters. The van der Waals surface area contributed by atoms with E-state index < -0.39 is 5.97 Å². The first-order valence-electron chi connectivity index (χ1n) is 7.92. The maximum absolute atomic E-state index is 12.6. The third-order valence-electron chi connectivity index (χ3n) is 4.66. The minimum atomic E-state index is -0.769. The van der Waals surface area contributed by atoms with E-state index in [0.717, 1.165) is 18.4 Å². The fourth-order valence-corrected chi connectivity index (χ4v) is 3.25. The van der Waals surface area contributed by atoms with E-state index in [1.54, 1.807) is 4.90 Å². The zero-order valence-electron chi connectivity index (χ0n) is 13.6. The lowest BCUT2D eigenvalue weighted by Gasteiger charge is -2.29. The molecule has 1 aromatic rings. The van der Waals surface area contributed by atoms with Gasteiger partial charge >= 0.3 is 5.97 Å². The van der Waals surface area contributed by atoms with Crippen molar-refractivity contribution in [2.75, 3.05) is 7.05 Å². The van der Waals surface area contributed by atoms with Crippen LogP contribution in [0.3, 0.4) is 0 Å². The van der Waals surface area contributed by atoms with E-state index in [0.29, 0.717) is 19.4 Å². The molecule has 120 valence electrons. The lowest BCUT2D eigenvalue weighted by Crippen LogP contribution is -2.36. The topological polar surface area (TPSA) is 57.6 Å². The Morgan fingerprint density at radius 2 is 1.91 bits per heavy atom. The molecule has 1 amide bonds. The number of carbonyl (C=O) groups is 2. The Labute approximate surface area is 132 Å². The molecule has 1 saturated carbocycles. The lowest BCUT2D eigenvalue weighted by atomic mass is 9.80. The quantitative estimate of drug-likeness (QED) is 0.929. The van der Waals surface area contributed by atoms with Crippen molar-refractivity contribution >= 4 is 11.9 Å². The van der Waals surface area contributed by atoms with Gasteiger partial charge in [0.05, 0.1) is 5.92 Å². The number of hydrogen-bond donors (Lipinski definition) is 1. The lowest BCUT2D eigenvalue weighted by molar-refractivity contribution is -0.145. The molecular formula is C18H25NO3. The standard InChI is InChI=1S/C18H25NO3/c1-12-7-8-13(2)16(9-12)11-19(3)17(20)14-5-4-6-15(10-14)18(21)22/h7-9,14-15H,4-6,10-11H2,1-3H3,(H,21,22). The molecule has 4 heteroatoms. The van der Waals surface area contributed by atoms with Gasteiger partial charge < -0.3 is 10.0 Å². The number of carboxylic acid groups (broad SMARTS) is 1. The molecule has 0 heterocycles. The van der Waals surface area contributed by atoms with E-state index in [1.165, 1.54) is 11.1 Å². The van der Waals surface area contributed by atoms with Gasteiger partial charge in [0.1, 0.15) is 0 Å². The third-order valence-corrected chi connectivity index (χ3v) is 4.66. The number of carbonyl (C=O) groups excluding carboxylic acids is 1. The second-order valence-electron chi connectivity index (χ2n) is 6.52. The van der Waals surface area contributed by atoms with Crippen LogP contribution in [0.5, 0.6) is 0 Å². The van der Waals surface area contributed by atoms with E-state index in [9.17, 15) is 9.59 Å². The molecule has 22 heavy (non-hydrogen) atoms. The number of benzene rings is 1. The monoisotopic (exact) mass is 303 g/mol. The summed E-state index contributed by atoms with van der Waals surface area (Å²) >= 11 is 0. The van der Waals surface area contributed by atoms with Gasteiger partial charge in [0.2, 0.25) is 5.91 Å². The Morgan fingerprint density at radius 1 is 1.23 bits per heavy atom. The number of nitrogens with zero attached hydrogens (tertiary/aromatic N) is 1. The zero-order valence-corrected chi connectivity index (χ0v) is 13.6. The molecule has 1 fully saturated rings. The van der Waals surface area contributed by atoms with Crippen LogP contribution in [0.1, 0.15) is 42.4 Å². The number of hydrogen-bond acceptors (Lipinski definition) is 2. The molecule has 1 aliphatic rings. The maximum atomic E-state index is 12.6. The summed E-state index contributed by atoms with van der Waals surface area (Å²) in [5.41, 5.74) is 3.52. The van der Waals surface area contributed by atoms with Crippen LogP contribution in [0.15, 0.2) is 18.2 Å². The van der Waals surface area contributed by atoms with Gasteiger partial charge in [-0.3, -0.25) is 9.59 Å². The van der Waals surface area contributed by atoms with Crippen LogP contribution in [0.2, 0.25) is 0 Å². The average molecular weight is 303 g/mol. The number of aliphatic carboxylic acids is 1. The minimum absolute atomic E-state index is 0.0758. The molecule has 1 N–H and O–H groups in total. The summed E-state index contributed by atoms with van der Waals surface area (Å²) in [6.45, 7) is 4.68. The van der Waals surface area contributed by atoms with E-state index >= 15 is 0 Å². The van der Waals surface area contributed by atoms with Gasteiger partial charge in [0.25, 0.3) is 0 Å². The van der Waals surface area contributed by atoms with Crippen LogP contribution >= 0.6 is 0 Å². The van der Waals surface area contributed by atoms with Crippen LogP contribution in [-0.4, -0.2) is 28.9 Å².